The maximum atomic E-state index is 11.9. The summed E-state index contributed by atoms with van der Waals surface area (Å²) in [7, 11) is 0. The zero-order valence-corrected chi connectivity index (χ0v) is 11.2. The van der Waals surface area contributed by atoms with Crippen LogP contribution in [0, 0.1) is 5.92 Å². The summed E-state index contributed by atoms with van der Waals surface area (Å²) in [6, 6.07) is 7.35. The summed E-state index contributed by atoms with van der Waals surface area (Å²) in [6.07, 6.45) is -0.375. The number of carbonyl (C=O) groups excluding carboxylic acids is 1. The van der Waals surface area contributed by atoms with Gasteiger partial charge >= 0.3 is 6.09 Å². The van der Waals surface area contributed by atoms with E-state index in [-0.39, 0.29) is 25.2 Å². The fourth-order valence-electron chi connectivity index (χ4n) is 1.99. The lowest BCUT2D eigenvalue weighted by Crippen LogP contribution is -2.44. The molecule has 1 aliphatic rings. The maximum Gasteiger partial charge on any atom is 0.414 e. The summed E-state index contributed by atoms with van der Waals surface area (Å²) in [5, 5.41) is 9.21. The van der Waals surface area contributed by atoms with Crippen LogP contribution in [0.5, 0.6) is 5.75 Å². The summed E-state index contributed by atoms with van der Waals surface area (Å²) >= 11 is 0. The van der Waals surface area contributed by atoms with Crippen LogP contribution in [0.25, 0.3) is 0 Å². The molecule has 0 bridgehead atoms. The van der Waals surface area contributed by atoms with Crippen LogP contribution in [-0.2, 0) is 4.74 Å². The summed E-state index contributed by atoms with van der Waals surface area (Å²) in [5.74, 6) is 0.581. The van der Waals surface area contributed by atoms with Crippen LogP contribution in [-0.4, -0.2) is 37.1 Å². The highest BCUT2D eigenvalue weighted by Gasteiger charge is 2.29. The number of aliphatic hydroxyl groups excluding tert-OH is 1. The molecule has 0 aliphatic carbocycles. The first-order valence-corrected chi connectivity index (χ1v) is 6.42. The monoisotopic (exact) mass is 265 g/mol. The first-order valence-electron chi connectivity index (χ1n) is 6.42. The molecule has 1 amide bonds. The highest BCUT2D eigenvalue weighted by Crippen LogP contribution is 2.31. The number of cyclic esters (lactones) is 1. The fourth-order valence-corrected chi connectivity index (χ4v) is 1.99. The number of carbonyl (C=O) groups is 1. The zero-order chi connectivity index (χ0) is 13.8. The smallest absolute Gasteiger partial charge is 0.414 e. The number of benzene rings is 1. The van der Waals surface area contributed by atoms with Gasteiger partial charge in [-0.15, -0.1) is 0 Å². The molecule has 0 radical (unpaired) electrons. The van der Waals surface area contributed by atoms with Crippen LogP contribution in [0.3, 0.4) is 0 Å². The number of hydrogen-bond acceptors (Lipinski definition) is 4. The van der Waals surface area contributed by atoms with Crippen molar-refractivity contribution in [2.24, 2.45) is 5.92 Å². The van der Waals surface area contributed by atoms with Gasteiger partial charge in [0.05, 0.1) is 25.0 Å². The van der Waals surface area contributed by atoms with Crippen molar-refractivity contribution in [3.05, 3.63) is 24.3 Å². The maximum absolute atomic E-state index is 11.9. The van der Waals surface area contributed by atoms with E-state index in [9.17, 15) is 9.90 Å². The summed E-state index contributed by atoms with van der Waals surface area (Å²) in [4.78, 5) is 13.4. The lowest BCUT2D eigenvalue weighted by molar-refractivity contribution is 0.0895. The second-order valence-electron chi connectivity index (χ2n) is 4.87. The third-order valence-electron chi connectivity index (χ3n) is 2.88. The standard InChI is InChI=1S/C14H19NO4/c1-10(2)19-13-6-4-3-5-12(13)15-7-11(8-16)9-18-14(15)17/h3-6,10-11,16H,7-9H2,1-2H3. The van der Waals surface area contributed by atoms with Crippen molar-refractivity contribution in [1.82, 2.24) is 0 Å². The average molecular weight is 265 g/mol. The Labute approximate surface area is 112 Å². The van der Waals surface area contributed by atoms with E-state index in [1.54, 1.807) is 0 Å². The van der Waals surface area contributed by atoms with Gasteiger partial charge in [0.1, 0.15) is 5.75 Å². The van der Waals surface area contributed by atoms with Crippen LogP contribution in [0.4, 0.5) is 10.5 Å². The molecule has 1 atom stereocenters. The van der Waals surface area contributed by atoms with Gasteiger partial charge in [-0.2, -0.15) is 0 Å². The van der Waals surface area contributed by atoms with Crippen molar-refractivity contribution < 1.29 is 19.4 Å². The molecule has 1 aromatic carbocycles. The predicted molar refractivity (Wildman–Crippen MR) is 71.5 cm³/mol. The molecule has 0 aromatic heterocycles. The van der Waals surface area contributed by atoms with Crippen molar-refractivity contribution in [3.63, 3.8) is 0 Å². The first-order chi connectivity index (χ1) is 9.11. The summed E-state index contributed by atoms with van der Waals surface area (Å²) in [6.45, 7) is 4.56. The highest BCUT2D eigenvalue weighted by atomic mass is 16.6. The van der Waals surface area contributed by atoms with Gasteiger partial charge in [0.25, 0.3) is 0 Å². The van der Waals surface area contributed by atoms with Crippen molar-refractivity contribution in [2.75, 3.05) is 24.7 Å². The lowest BCUT2D eigenvalue weighted by Gasteiger charge is -2.32. The molecule has 19 heavy (non-hydrogen) atoms. The Morgan fingerprint density at radius 2 is 2.21 bits per heavy atom. The molecule has 104 valence electrons. The molecule has 1 unspecified atom stereocenters. The Balaban J connectivity index is 2.26. The van der Waals surface area contributed by atoms with Gasteiger partial charge in [0.2, 0.25) is 0 Å². The van der Waals surface area contributed by atoms with Gasteiger partial charge in [0.15, 0.2) is 0 Å². The molecule has 1 aromatic rings. The number of ether oxygens (including phenoxy) is 2. The minimum atomic E-state index is -0.399. The number of nitrogens with zero attached hydrogens (tertiary/aromatic N) is 1. The largest absolute Gasteiger partial charge is 0.489 e. The van der Waals surface area contributed by atoms with Crippen molar-refractivity contribution in [1.29, 1.82) is 0 Å². The number of para-hydroxylation sites is 2. The predicted octanol–water partition coefficient (Wildman–Crippen LogP) is 2.04. The van der Waals surface area contributed by atoms with E-state index in [0.717, 1.165) is 0 Å². The fraction of sp³-hybridized carbons (Fsp3) is 0.500. The van der Waals surface area contributed by atoms with Gasteiger partial charge < -0.3 is 14.6 Å². The molecular formula is C14H19NO4. The molecule has 1 N–H and O–H groups in total. The van der Waals surface area contributed by atoms with Gasteiger partial charge in [-0.25, -0.2) is 4.79 Å². The van der Waals surface area contributed by atoms with E-state index in [2.05, 4.69) is 0 Å². The van der Waals surface area contributed by atoms with Crippen LogP contribution < -0.4 is 9.64 Å². The molecule has 5 nitrogen and oxygen atoms in total. The quantitative estimate of drug-likeness (QED) is 0.905. The number of amides is 1. The van der Waals surface area contributed by atoms with E-state index in [1.807, 2.05) is 38.1 Å². The Morgan fingerprint density at radius 3 is 2.89 bits per heavy atom. The zero-order valence-electron chi connectivity index (χ0n) is 11.2. The number of rotatable bonds is 4. The molecule has 1 saturated heterocycles. The second kappa shape index (κ2) is 5.93. The molecule has 0 saturated carbocycles. The van der Waals surface area contributed by atoms with E-state index in [1.165, 1.54) is 4.90 Å². The average Bonchev–Trinajstić information content (AvgIpc) is 2.40. The van der Waals surface area contributed by atoms with Crippen LogP contribution in [0.1, 0.15) is 13.8 Å². The number of hydrogen-bond donors (Lipinski definition) is 1. The second-order valence-corrected chi connectivity index (χ2v) is 4.87. The Kier molecular flexibility index (Phi) is 4.27. The minimum absolute atomic E-state index is 0.00299. The van der Waals surface area contributed by atoms with E-state index in [0.29, 0.717) is 18.0 Å². The normalized spacial score (nSPS) is 19.5. The lowest BCUT2D eigenvalue weighted by atomic mass is 10.1. The summed E-state index contributed by atoms with van der Waals surface area (Å²) < 4.78 is 10.8. The molecule has 2 rings (SSSR count). The van der Waals surface area contributed by atoms with E-state index < -0.39 is 6.09 Å². The molecular weight excluding hydrogens is 246 g/mol. The molecule has 1 aliphatic heterocycles. The Bertz CT molecular complexity index is 447. The van der Waals surface area contributed by atoms with Crippen LogP contribution in [0.2, 0.25) is 0 Å². The SMILES string of the molecule is CC(C)Oc1ccccc1N1CC(CO)COC1=O. The van der Waals surface area contributed by atoms with Crippen molar-refractivity contribution in [2.45, 2.75) is 20.0 Å². The first kappa shape index (κ1) is 13.7. The van der Waals surface area contributed by atoms with Crippen molar-refractivity contribution in [3.8, 4) is 5.75 Å². The van der Waals surface area contributed by atoms with Crippen molar-refractivity contribution >= 4 is 11.8 Å². The van der Waals surface area contributed by atoms with Gasteiger partial charge in [-0.05, 0) is 26.0 Å². The van der Waals surface area contributed by atoms with Crippen LogP contribution in [0.15, 0.2) is 24.3 Å². The third kappa shape index (κ3) is 3.17. The Morgan fingerprint density at radius 1 is 1.47 bits per heavy atom. The van der Waals surface area contributed by atoms with E-state index in [4.69, 9.17) is 9.47 Å². The number of aliphatic hydroxyl groups is 1. The topological polar surface area (TPSA) is 59.0 Å². The van der Waals surface area contributed by atoms with E-state index >= 15 is 0 Å². The molecule has 5 heteroatoms. The van der Waals surface area contributed by atoms with Crippen LogP contribution >= 0.6 is 0 Å². The summed E-state index contributed by atoms with van der Waals surface area (Å²) in [5.41, 5.74) is 0.680. The Hall–Kier alpha value is -1.75. The number of anilines is 1. The van der Waals surface area contributed by atoms with Gasteiger partial charge in [0, 0.05) is 12.5 Å². The molecule has 1 fully saturated rings. The highest BCUT2D eigenvalue weighted by molar-refractivity contribution is 5.90. The van der Waals surface area contributed by atoms with Gasteiger partial charge in [-0.1, -0.05) is 12.1 Å². The minimum Gasteiger partial charge on any atom is -0.489 e. The molecule has 0 spiro atoms. The van der Waals surface area contributed by atoms with Gasteiger partial charge in [-0.3, -0.25) is 4.90 Å². The third-order valence-corrected chi connectivity index (χ3v) is 2.88. The molecule has 1 heterocycles.